The van der Waals surface area contributed by atoms with Crippen molar-refractivity contribution in [1.29, 1.82) is 0 Å². The quantitative estimate of drug-likeness (QED) is 0.515. The highest BCUT2D eigenvalue weighted by atomic mass is 32.1. The highest BCUT2D eigenvalue weighted by Gasteiger charge is 2.15. The van der Waals surface area contributed by atoms with Crippen LogP contribution < -0.4 is 21.9 Å². The maximum atomic E-state index is 12.1. The molecule has 0 saturated heterocycles. The third kappa shape index (κ3) is 3.93. The summed E-state index contributed by atoms with van der Waals surface area (Å²) in [7, 11) is 0. The van der Waals surface area contributed by atoms with Gasteiger partial charge in [-0.1, -0.05) is 30.3 Å². The van der Waals surface area contributed by atoms with Gasteiger partial charge in [0.05, 0.1) is 10.6 Å². The minimum Gasteiger partial charge on any atom is -0.390 e. The molecule has 2 rings (SSSR count). The second-order valence-electron chi connectivity index (χ2n) is 4.19. The fourth-order valence-corrected chi connectivity index (χ4v) is 2.84. The lowest BCUT2D eigenvalue weighted by molar-refractivity contribution is 0.0945. The molecule has 1 aromatic heterocycles. The number of amides is 1. The number of anilines is 1. The van der Waals surface area contributed by atoms with Crippen LogP contribution in [0.5, 0.6) is 0 Å². The molecule has 0 spiro atoms. The van der Waals surface area contributed by atoms with E-state index in [0.29, 0.717) is 22.2 Å². The van der Waals surface area contributed by atoms with E-state index in [1.165, 1.54) is 11.3 Å². The molecular weight excluding hydrogens is 304 g/mol. The van der Waals surface area contributed by atoms with Crippen molar-refractivity contribution in [3.8, 4) is 10.4 Å². The molecule has 0 unspecified atom stereocenters. The largest absolute Gasteiger partial charge is 0.390 e. The lowest BCUT2D eigenvalue weighted by Crippen LogP contribution is -2.46. The first kappa shape index (κ1) is 15.3. The SMILES string of the molecule is CCNC(=S)NNC(=O)c1cc(-c2ccccc2)sc1N. The highest BCUT2D eigenvalue weighted by Crippen LogP contribution is 2.33. The maximum Gasteiger partial charge on any atom is 0.272 e. The molecule has 0 aliphatic rings. The smallest absolute Gasteiger partial charge is 0.272 e. The van der Waals surface area contributed by atoms with Crippen LogP contribution in [0.1, 0.15) is 17.3 Å². The van der Waals surface area contributed by atoms with Gasteiger partial charge >= 0.3 is 0 Å². The molecule has 0 bridgehead atoms. The summed E-state index contributed by atoms with van der Waals surface area (Å²) in [6.45, 7) is 2.60. The molecule has 0 saturated carbocycles. The summed E-state index contributed by atoms with van der Waals surface area (Å²) >= 11 is 6.35. The van der Waals surface area contributed by atoms with Crippen LogP contribution >= 0.6 is 23.6 Å². The number of thiophene rings is 1. The maximum absolute atomic E-state index is 12.1. The normalized spacial score (nSPS) is 9.95. The van der Waals surface area contributed by atoms with E-state index in [4.69, 9.17) is 18.0 Å². The standard InChI is InChI=1S/C14H16N4OS2/c1-2-16-14(20)18-17-13(19)10-8-11(21-12(10)15)9-6-4-3-5-7-9/h3-8H,2,15H2,1H3,(H,17,19)(H2,16,18,20). The first-order chi connectivity index (χ1) is 10.1. The summed E-state index contributed by atoms with van der Waals surface area (Å²) < 4.78 is 0. The van der Waals surface area contributed by atoms with Gasteiger partial charge in [-0.25, -0.2) is 0 Å². The van der Waals surface area contributed by atoms with Crippen molar-refractivity contribution in [2.45, 2.75) is 6.92 Å². The second kappa shape index (κ2) is 7.05. The molecule has 0 aliphatic carbocycles. The van der Waals surface area contributed by atoms with Gasteiger partial charge in [0, 0.05) is 11.4 Å². The van der Waals surface area contributed by atoms with Gasteiger partial charge in [0.15, 0.2) is 5.11 Å². The Labute approximate surface area is 132 Å². The molecule has 2 aromatic rings. The predicted octanol–water partition coefficient (Wildman–Crippen LogP) is 2.13. The summed E-state index contributed by atoms with van der Waals surface area (Å²) in [5.74, 6) is -0.314. The van der Waals surface area contributed by atoms with Gasteiger partial charge in [0.1, 0.15) is 0 Å². The summed E-state index contributed by atoms with van der Waals surface area (Å²) in [6.07, 6.45) is 0. The molecule has 1 heterocycles. The molecule has 0 atom stereocenters. The van der Waals surface area contributed by atoms with Crippen LogP contribution in [0.2, 0.25) is 0 Å². The van der Waals surface area contributed by atoms with Crippen molar-refractivity contribution in [2.75, 3.05) is 12.3 Å². The fraction of sp³-hybridized carbons (Fsp3) is 0.143. The molecule has 0 fully saturated rings. The van der Waals surface area contributed by atoms with E-state index >= 15 is 0 Å². The number of hydrogen-bond acceptors (Lipinski definition) is 4. The van der Waals surface area contributed by atoms with Gasteiger partial charge in [-0.3, -0.25) is 15.6 Å². The number of carbonyl (C=O) groups is 1. The van der Waals surface area contributed by atoms with Crippen LogP contribution in [0.3, 0.4) is 0 Å². The number of rotatable bonds is 3. The number of nitrogens with one attached hydrogen (secondary N) is 3. The van der Waals surface area contributed by atoms with Crippen LogP contribution in [0.25, 0.3) is 10.4 Å². The third-order valence-electron chi connectivity index (χ3n) is 2.69. The lowest BCUT2D eigenvalue weighted by Gasteiger charge is -2.09. The van der Waals surface area contributed by atoms with Gasteiger partial charge < -0.3 is 11.1 Å². The van der Waals surface area contributed by atoms with Gasteiger partial charge in [0.25, 0.3) is 5.91 Å². The van der Waals surface area contributed by atoms with E-state index < -0.39 is 0 Å². The van der Waals surface area contributed by atoms with Crippen molar-refractivity contribution in [1.82, 2.24) is 16.2 Å². The predicted molar refractivity (Wildman–Crippen MR) is 91.0 cm³/mol. The van der Waals surface area contributed by atoms with Crippen molar-refractivity contribution >= 4 is 39.6 Å². The van der Waals surface area contributed by atoms with Gasteiger partial charge in [-0.15, -0.1) is 11.3 Å². The summed E-state index contributed by atoms with van der Waals surface area (Å²) in [5, 5.41) is 3.71. The van der Waals surface area contributed by atoms with Crippen molar-refractivity contribution in [2.24, 2.45) is 0 Å². The zero-order valence-corrected chi connectivity index (χ0v) is 13.1. The van der Waals surface area contributed by atoms with Crippen LogP contribution in [0.4, 0.5) is 5.00 Å². The van der Waals surface area contributed by atoms with Crippen LogP contribution in [-0.2, 0) is 0 Å². The summed E-state index contributed by atoms with van der Waals surface area (Å²) in [5.41, 5.74) is 12.5. The van der Waals surface area contributed by atoms with Gasteiger partial charge in [0.2, 0.25) is 0 Å². The molecule has 5 N–H and O–H groups in total. The number of carbonyl (C=O) groups excluding carboxylic acids is 1. The average molecular weight is 320 g/mol. The monoisotopic (exact) mass is 320 g/mol. The number of hydrogen-bond donors (Lipinski definition) is 4. The number of nitrogens with two attached hydrogens (primary N) is 1. The Morgan fingerprint density at radius 3 is 2.67 bits per heavy atom. The van der Waals surface area contributed by atoms with E-state index in [0.717, 1.165) is 10.4 Å². The number of nitrogen functional groups attached to an aromatic ring is 1. The number of benzene rings is 1. The number of thiocarbonyl (C=S) groups is 1. The molecule has 0 aliphatic heterocycles. The van der Waals surface area contributed by atoms with Crippen LogP contribution in [0.15, 0.2) is 36.4 Å². The molecule has 110 valence electrons. The molecule has 0 radical (unpaired) electrons. The summed E-state index contributed by atoms with van der Waals surface area (Å²) in [6, 6.07) is 11.6. The van der Waals surface area contributed by atoms with E-state index in [-0.39, 0.29) is 5.91 Å². The first-order valence-corrected chi connectivity index (χ1v) is 7.63. The molecule has 21 heavy (non-hydrogen) atoms. The zero-order chi connectivity index (χ0) is 15.2. The van der Waals surface area contributed by atoms with E-state index in [1.54, 1.807) is 6.07 Å². The second-order valence-corrected chi connectivity index (χ2v) is 5.69. The Bertz CT molecular complexity index is 640. The Hall–Kier alpha value is -2.12. The minimum atomic E-state index is -0.314. The average Bonchev–Trinajstić information content (AvgIpc) is 2.88. The lowest BCUT2D eigenvalue weighted by atomic mass is 10.1. The minimum absolute atomic E-state index is 0.314. The molecule has 1 amide bonds. The van der Waals surface area contributed by atoms with Gasteiger partial charge in [-0.2, -0.15) is 0 Å². The molecule has 1 aromatic carbocycles. The van der Waals surface area contributed by atoms with Crippen LogP contribution in [-0.4, -0.2) is 17.6 Å². The Kier molecular flexibility index (Phi) is 5.13. The topological polar surface area (TPSA) is 79.2 Å². The molecule has 5 nitrogen and oxygen atoms in total. The highest BCUT2D eigenvalue weighted by molar-refractivity contribution is 7.80. The van der Waals surface area contributed by atoms with Crippen molar-refractivity contribution in [3.05, 3.63) is 42.0 Å². The van der Waals surface area contributed by atoms with E-state index in [2.05, 4.69) is 16.2 Å². The van der Waals surface area contributed by atoms with E-state index in [9.17, 15) is 4.79 Å². The Morgan fingerprint density at radius 2 is 2.00 bits per heavy atom. The summed E-state index contributed by atoms with van der Waals surface area (Å²) in [4.78, 5) is 13.0. The third-order valence-corrected chi connectivity index (χ3v) is 3.95. The van der Waals surface area contributed by atoms with Crippen molar-refractivity contribution < 1.29 is 4.79 Å². The zero-order valence-electron chi connectivity index (χ0n) is 11.5. The Morgan fingerprint density at radius 1 is 1.29 bits per heavy atom. The Balaban J connectivity index is 2.09. The van der Waals surface area contributed by atoms with Crippen molar-refractivity contribution in [3.63, 3.8) is 0 Å². The van der Waals surface area contributed by atoms with E-state index in [1.807, 2.05) is 37.3 Å². The fourth-order valence-electron chi connectivity index (χ4n) is 1.71. The number of hydrazine groups is 1. The first-order valence-electron chi connectivity index (χ1n) is 6.40. The molecular formula is C14H16N4OS2. The van der Waals surface area contributed by atoms with Gasteiger partial charge in [-0.05, 0) is 30.8 Å². The van der Waals surface area contributed by atoms with Crippen LogP contribution in [0, 0.1) is 0 Å². The molecule has 7 heteroatoms.